The van der Waals surface area contributed by atoms with Gasteiger partial charge in [-0.05, 0) is 62.4 Å². The van der Waals surface area contributed by atoms with Crippen molar-refractivity contribution in [2.75, 3.05) is 18.5 Å². The minimum Gasteiger partial charge on any atom is -0.497 e. The SMILES string of the molecule is COc1ccc(OC)c([C@@H](C)N(c2cccc(Cl)c2)S(=O)(=O)c2ccc(C)cc2)c1. The zero-order valence-corrected chi connectivity index (χ0v) is 18.9. The lowest BCUT2D eigenvalue weighted by Crippen LogP contribution is -2.34. The summed E-state index contributed by atoms with van der Waals surface area (Å²) in [5, 5.41) is 0.446. The fraction of sp³-hybridized carbons (Fsp3) is 0.217. The number of hydrogen-bond donors (Lipinski definition) is 0. The molecular formula is C23H24ClNO4S. The first-order valence-corrected chi connectivity index (χ1v) is 11.2. The van der Waals surface area contributed by atoms with Crippen molar-refractivity contribution in [2.24, 2.45) is 0 Å². The van der Waals surface area contributed by atoms with Crippen LogP contribution in [0, 0.1) is 6.92 Å². The van der Waals surface area contributed by atoms with Gasteiger partial charge < -0.3 is 9.47 Å². The Morgan fingerprint density at radius 3 is 2.23 bits per heavy atom. The predicted molar refractivity (Wildman–Crippen MR) is 120 cm³/mol. The van der Waals surface area contributed by atoms with Crippen LogP contribution < -0.4 is 13.8 Å². The number of ether oxygens (including phenoxy) is 2. The van der Waals surface area contributed by atoms with E-state index in [4.69, 9.17) is 21.1 Å². The van der Waals surface area contributed by atoms with Crippen LogP contribution in [0.2, 0.25) is 5.02 Å². The molecule has 5 nitrogen and oxygen atoms in total. The molecule has 3 aromatic carbocycles. The van der Waals surface area contributed by atoms with Crippen molar-refractivity contribution >= 4 is 27.3 Å². The first-order valence-electron chi connectivity index (χ1n) is 9.36. The Balaban J connectivity index is 2.21. The Bertz CT molecular complexity index is 1130. The summed E-state index contributed by atoms with van der Waals surface area (Å²) in [7, 11) is -0.786. The van der Waals surface area contributed by atoms with Crippen LogP contribution in [0.5, 0.6) is 11.5 Å². The summed E-state index contributed by atoms with van der Waals surface area (Å²) in [6.45, 7) is 3.72. The first-order chi connectivity index (χ1) is 14.3. The zero-order chi connectivity index (χ0) is 21.9. The number of hydrogen-bond acceptors (Lipinski definition) is 4. The molecule has 0 radical (unpaired) electrons. The topological polar surface area (TPSA) is 55.8 Å². The normalized spacial score (nSPS) is 12.3. The summed E-state index contributed by atoms with van der Waals surface area (Å²) in [6, 6.07) is 18.3. The largest absolute Gasteiger partial charge is 0.497 e. The molecule has 3 aromatic rings. The van der Waals surface area contributed by atoms with E-state index < -0.39 is 16.1 Å². The third-order valence-electron chi connectivity index (χ3n) is 4.88. The highest BCUT2D eigenvalue weighted by Crippen LogP contribution is 2.39. The summed E-state index contributed by atoms with van der Waals surface area (Å²) in [5.41, 5.74) is 2.11. The smallest absolute Gasteiger partial charge is 0.264 e. The molecule has 0 aliphatic carbocycles. The lowest BCUT2D eigenvalue weighted by molar-refractivity contribution is 0.396. The second kappa shape index (κ2) is 8.98. The van der Waals surface area contributed by atoms with Gasteiger partial charge in [-0.2, -0.15) is 0 Å². The zero-order valence-electron chi connectivity index (χ0n) is 17.3. The summed E-state index contributed by atoms with van der Waals surface area (Å²) < 4.78 is 39.7. The fourth-order valence-electron chi connectivity index (χ4n) is 3.30. The summed E-state index contributed by atoms with van der Waals surface area (Å²) >= 11 is 6.20. The minimum atomic E-state index is -3.90. The third kappa shape index (κ3) is 4.40. The maximum Gasteiger partial charge on any atom is 0.264 e. The van der Waals surface area contributed by atoms with E-state index in [-0.39, 0.29) is 4.90 Å². The van der Waals surface area contributed by atoms with Gasteiger partial charge in [-0.15, -0.1) is 0 Å². The van der Waals surface area contributed by atoms with Crippen molar-refractivity contribution in [3.63, 3.8) is 0 Å². The van der Waals surface area contributed by atoms with Crippen LogP contribution in [0.4, 0.5) is 5.69 Å². The Morgan fingerprint density at radius 2 is 1.63 bits per heavy atom. The fourth-order valence-corrected chi connectivity index (χ4v) is 5.11. The number of aryl methyl sites for hydroxylation is 1. The van der Waals surface area contributed by atoms with Gasteiger partial charge in [-0.3, -0.25) is 4.31 Å². The highest BCUT2D eigenvalue weighted by atomic mass is 35.5. The molecule has 0 aliphatic heterocycles. The monoisotopic (exact) mass is 445 g/mol. The van der Waals surface area contributed by atoms with E-state index >= 15 is 0 Å². The molecule has 0 spiro atoms. The molecule has 0 fully saturated rings. The van der Waals surface area contributed by atoms with Crippen LogP contribution >= 0.6 is 11.6 Å². The molecule has 0 saturated carbocycles. The van der Waals surface area contributed by atoms with Crippen molar-refractivity contribution < 1.29 is 17.9 Å². The van der Waals surface area contributed by atoms with Crippen molar-refractivity contribution in [1.29, 1.82) is 0 Å². The van der Waals surface area contributed by atoms with E-state index in [0.717, 1.165) is 5.56 Å². The molecule has 158 valence electrons. The second-order valence-corrected chi connectivity index (χ2v) is 9.13. The number of benzene rings is 3. The predicted octanol–water partition coefficient (Wildman–Crippen LogP) is 5.62. The van der Waals surface area contributed by atoms with Gasteiger partial charge >= 0.3 is 0 Å². The van der Waals surface area contributed by atoms with Gasteiger partial charge in [0.15, 0.2) is 0 Å². The van der Waals surface area contributed by atoms with Gasteiger partial charge in [-0.1, -0.05) is 35.4 Å². The maximum absolute atomic E-state index is 13.7. The van der Waals surface area contributed by atoms with E-state index in [1.807, 2.05) is 13.8 Å². The maximum atomic E-state index is 13.7. The van der Waals surface area contributed by atoms with E-state index in [2.05, 4.69) is 0 Å². The quantitative estimate of drug-likeness (QED) is 0.473. The number of nitrogens with zero attached hydrogens (tertiary/aromatic N) is 1. The average molecular weight is 446 g/mol. The molecule has 0 N–H and O–H groups in total. The first kappa shape index (κ1) is 22.0. The second-order valence-electron chi connectivity index (χ2n) is 6.88. The van der Waals surface area contributed by atoms with Gasteiger partial charge in [-0.25, -0.2) is 8.42 Å². The third-order valence-corrected chi connectivity index (χ3v) is 7.03. The van der Waals surface area contributed by atoms with Gasteiger partial charge in [0.05, 0.1) is 30.8 Å². The van der Waals surface area contributed by atoms with Crippen LogP contribution in [0.1, 0.15) is 24.1 Å². The molecular weight excluding hydrogens is 422 g/mol. The van der Waals surface area contributed by atoms with Crippen LogP contribution in [0.3, 0.4) is 0 Å². The van der Waals surface area contributed by atoms with Crippen LogP contribution in [0.25, 0.3) is 0 Å². The lowest BCUT2D eigenvalue weighted by atomic mass is 10.1. The molecule has 0 unspecified atom stereocenters. The van der Waals surface area contributed by atoms with Crippen LogP contribution in [0.15, 0.2) is 71.6 Å². The van der Waals surface area contributed by atoms with Crippen molar-refractivity contribution in [2.45, 2.75) is 24.8 Å². The molecule has 30 heavy (non-hydrogen) atoms. The van der Waals surface area contributed by atoms with Gasteiger partial charge in [0.2, 0.25) is 0 Å². The highest BCUT2D eigenvalue weighted by Gasteiger charge is 2.32. The van der Waals surface area contributed by atoms with Crippen LogP contribution in [-0.4, -0.2) is 22.6 Å². The van der Waals surface area contributed by atoms with Gasteiger partial charge in [0, 0.05) is 10.6 Å². The Labute approximate surface area is 182 Å². The Hall–Kier alpha value is -2.70. The van der Waals surface area contributed by atoms with Gasteiger partial charge in [0.1, 0.15) is 11.5 Å². The molecule has 3 rings (SSSR count). The molecule has 0 aromatic heterocycles. The molecule has 0 aliphatic rings. The minimum absolute atomic E-state index is 0.196. The van der Waals surface area contributed by atoms with E-state index in [1.54, 1.807) is 80.9 Å². The highest BCUT2D eigenvalue weighted by molar-refractivity contribution is 7.92. The Morgan fingerprint density at radius 1 is 0.933 bits per heavy atom. The number of sulfonamides is 1. The molecule has 0 heterocycles. The number of methoxy groups -OCH3 is 2. The average Bonchev–Trinajstić information content (AvgIpc) is 2.73. The van der Waals surface area contributed by atoms with Crippen molar-refractivity contribution in [3.05, 3.63) is 82.9 Å². The van der Waals surface area contributed by atoms with Crippen molar-refractivity contribution in [3.8, 4) is 11.5 Å². The standard InChI is InChI=1S/C23H24ClNO4S/c1-16-8-11-21(12-9-16)30(26,27)25(19-7-5-6-18(24)14-19)17(2)22-15-20(28-3)10-13-23(22)29-4/h5-15,17H,1-4H3/t17-/m1/s1. The molecule has 0 bridgehead atoms. The number of rotatable bonds is 7. The molecule has 1 atom stereocenters. The van der Waals surface area contributed by atoms with Gasteiger partial charge in [0.25, 0.3) is 10.0 Å². The van der Waals surface area contributed by atoms with E-state index in [0.29, 0.717) is 27.8 Å². The lowest BCUT2D eigenvalue weighted by Gasteiger charge is -2.32. The summed E-state index contributed by atoms with van der Waals surface area (Å²) in [4.78, 5) is 0.196. The summed E-state index contributed by atoms with van der Waals surface area (Å²) in [6.07, 6.45) is 0. The summed E-state index contributed by atoms with van der Waals surface area (Å²) in [5.74, 6) is 1.17. The van der Waals surface area contributed by atoms with Crippen LogP contribution in [-0.2, 0) is 10.0 Å². The van der Waals surface area contributed by atoms with E-state index in [1.165, 1.54) is 4.31 Å². The number of halogens is 1. The molecule has 0 saturated heterocycles. The van der Waals surface area contributed by atoms with Crippen molar-refractivity contribution in [1.82, 2.24) is 0 Å². The Kier molecular flexibility index (Phi) is 6.58. The number of anilines is 1. The molecule has 7 heteroatoms. The van der Waals surface area contributed by atoms with E-state index in [9.17, 15) is 8.42 Å². The molecule has 0 amide bonds.